The van der Waals surface area contributed by atoms with E-state index in [1.165, 1.54) is 76.2 Å². The van der Waals surface area contributed by atoms with Crippen LogP contribution in [0.4, 0.5) is 0 Å². The molecular formula is C33H25N3. The molecule has 0 atom stereocenters. The van der Waals surface area contributed by atoms with Gasteiger partial charge in [0, 0.05) is 86.3 Å². The molecule has 8 aromatic rings. The Labute approximate surface area is 208 Å². The Morgan fingerprint density at radius 2 is 0.667 bits per heavy atom. The Hall–Kier alpha value is -4.50. The van der Waals surface area contributed by atoms with Crippen LogP contribution in [0.15, 0.2) is 97.1 Å². The average molecular weight is 464 g/mol. The van der Waals surface area contributed by atoms with Crippen LogP contribution < -0.4 is 0 Å². The number of aryl methyl sites for hydroxylation is 3. The molecule has 0 unspecified atom stereocenters. The van der Waals surface area contributed by atoms with Crippen LogP contribution in [-0.2, 0) is 21.1 Å². The second kappa shape index (κ2) is 6.79. The fraction of sp³-hybridized carbons (Fsp3) is 0.0909. The van der Waals surface area contributed by atoms with Crippen LogP contribution in [0.3, 0.4) is 0 Å². The van der Waals surface area contributed by atoms with Gasteiger partial charge in [-0.05, 0) is 24.3 Å². The lowest BCUT2D eigenvalue weighted by Crippen LogP contribution is -1.92. The first-order valence-electron chi connectivity index (χ1n) is 12.5. The van der Waals surface area contributed by atoms with Crippen molar-refractivity contribution in [3.05, 3.63) is 97.1 Å². The first-order chi connectivity index (χ1) is 17.6. The number of nitrogens with zero attached hydrogens (tertiary/aromatic N) is 3. The van der Waals surface area contributed by atoms with Crippen LogP contribution in [0.25, 0.3) is 76.2 Å². The van der Waals surface area contributed by atoms with Gasteiger partial charge < -0.3 is 13.7 Å². The van der Waals surface area contributed by atoms with Crippen molar-refractivity contribution in [2.75, 3.05) is 0 Å². The normalized spacial score (nSPS) is 12.3. The minimum atomic E-state index is 1.22. The van der Waals surface area contributed by atoms with E-state index in [1.807, 2.05) is 0 Å². The Balaban J connectivity index is 1.86. The van der Waals surface area contributed by atoms with E-state index >= 15 is 0 Å². The molecule has 0 fully saturated rings. The third-order valence-corrected chi connectivity index (χ3v) is 8.27. The largest absolute Gasteiger partial charge is 0.344 e. The van der Waals surface area contributed by atoms with E-state index in [4.69, 9.17) is 0 Å². The van der Waals surface area contributed by atoms with E-state index in [2.05, 4.69) is 132 Å². The molecule has 0 aliphatic heterocycles. The lowest BCUT2D eigenvalue weighted by Gasteiger charge is -2.08. The molecular weight excluding hydrogens is 438 g/mol. The molecule has 0 N–H and O–H groups in total. The van der Waals surface area contributed by atoms with Crippen LogP contribution >= 0.6 is 0 Å². The van der Waals surface area contributed by atoms with Crippen LogP contribution in [0.2, 0.25) is 0 Å². The van der Waals surface area contributed by atoms with Crippen molar-refractivity contribution in [3.8, 4) is 0 Å². The van der Waals surface area contributed by atoms with Gasteiger partial charge in [-0.25, -0.2) is 0 Å². The van der Waals surface area contributed by atoms with Crippen LogP contribution in [0.1, 0.15) is 0 Å². The molecule has 0 spiro atoms. The summed E-state index contributed by atoms with van der Waals surface area (Å²) in [6, 6.07) is 35.9. The van der Waals surface area contributed by atoms with Gasteiger partial charge in [-0.15, -0.1) is 0 Å². The Morgan fingerprint density at radius 1 is 0.333 bits per heavy atom. The smallest absolute Gasteiger partial charge is 0.0569 e. The third kappa shape index (κ3) is 2.33. The highest BCUT2D eigenvalue weighted by molar-refractivity contribution is 6.28. The van der Waals surface area contributed by atoms with Crippen molar-refractivity contribution in [3.63, 3.8) is 0 Å². The monoisotopic (exact) mass is 463 g/mol. The molecule has 4 aromatic heterocycles. The number of hydrogen-bond acceptors (Lipinski definition) is 0. The van der Waals surface area contributed by atoms with E-state index in [1.54, 1.807) is 0 Å². The summed E-state index contributed by atoms with van der Waals surface area (Å²) in [5, 5.41) is 10.2. The summed E-state index contributed by atoms with van der Waals surface area (Å²) in [6.07, 6.45) is 0. The second-order valence-electron chi connectivity index (χ2n) is 10.0. The predicted molar refractivity (Wildman–Crippen MR) is 155 cm³/mol. The number of benzene rings is 4. The first kappa shape index (κ1) is 19.8. The van der Waals surface area contributed by atoms with Crippen LogP contribution in [0.5, 0.6) is 0 Å². The second-order valence-corrected chi connectivity index (χ2v) is 10.0. The zero-order chi connectivity index (χ0) is 24.1. The van der Waals surface area contributed by atoms with Gasteiger partial charge in [-0.3, -0.25) is 0 Å². The molecule has 0 radical (unpaired) electrons. The van der Waals surface area contributed by atoms with E-state index in [-0.39, 0.29) is 0 Å². The molecule has 4 aromatic carbocycles. The van der Waals surface area contributed by atoms with Crippen molar-refractivity contribution >= 4 is 76.2 Å². The van der Waals surface area contributed by atoms with Gasteiger partial charge in [0.2, 0.25) is 0 Å². The minimum Gasteiger partial charge on any atom is -0.344 e. The standard InChI is InChI=1S/C33H25N3/c1-34-28-16-17-29(34)21-11-5-7-13-23(21)31-19-27-26-18-30(22-12-6-4-10-20(22)28)35(2)32(26)24-14-8-9-15-25(24)33(27)36(31)3/h4-19H,1-3H3. The molecule has 3 heteroatoms. The van der Waals surface area contributed by atoms with E-state index in [0.29, 0.717) is 0 Å². The maximum absolute atomic E-state index is 2.40. The molecule has 8 rings (SSSR count). The fourth-order valence-electron chi connectivity index (χ4n) is 6.59. The number of aromatic nitrogens is 3. The molecule has 0 saturated carbocycles. The minimum absolute atomic E-state index is 1.22. The Bertz CT molecular complexity index is 2080. The van der Waals surface area contributed by atoms with Crippen molar-refractivity contribution in [1.82, 2.24) is 13.7 Å². The quantitative estimate of drug-likeness (QED) is 0.215. The molecule has 0 amide bonds. The maximum atomic E-state index is 2.40. The molecule has 0 saturated heterocycles. The SMILES string of the molecule is Cn1c2ccc1c1ccccc1c1cc3c4cc(c5ccccc52)n(C)c4c2ccccc2c3n1C. The topological polar surface area (TPSA) is 14.8 Å². The molecule has 0 aliphatic rings. The molecule has 36 heavy (non-hydrogen) atoms. The summed E-state index contributed by atoms with van der Waals surface area (Å²) in [6.45, 7) is 0. The zero-order valence-electron chi connectivity index (χ0n) is 20.6. The summed E-state index contributed by atoms with van der Waals surface area (Å²) in [5.74, 6) is 0. The number of fused-ring (bicyclic) bond motifs is 13. The van der Waals surface area contributed by atoms with Gasteiger partial charge >= 0.3 is 0 Å². The van der Waals surface area contributed by atoms with E-state index in [9.17, 15) is 0 Å². The number of rotatable bonds is 0. The number of hydrogen-bond donors (Lipinski definition) is 0. The summed E-state index contributed by atoms with van der Waals surface area (Å²) in [5.41, 5.74) is 7.51. The van der Waals surface area contributed by atoms with Gasteiger partial charge in [0.15, 0.2) is 0 Å². The maximum Gasteiger partial charge on any atom is 0.0569 e. The molecule has 4 heterocycles. The van der Waals surface area contributed by atoms with Crippen molar-refractivity contribution in [2.45, 2.75) is 0 Å². The van der Waals surface area contributed by atoms with Crippen LogP contribution in [-0.4, -0.2) is 13.7 Å². The Kier molecular flexibility index (Phi) is 3.73. The molecule has 6 bridgehead atoms. The highest BCUT2D eigenvalue weighted by Gasteiger charge is 2.18. The van der Waals surface area contributed by atoms with Crippen molar-refractivity contribution in [1.29, 1.82) is 0 Å². The van der Waals surface area contributed by atoms with Gasteiger partial charge in [-0.2, -0.15) is 0 Å². The van der Waals surface area contributed by atoms with Gasteiger partial charge in [0.1, 0.15) is 0 Å². The van der Waals surface area contributed by atoms with E-state index < -0.39 is 0 Å². The summed E-state index contributed by atoms with van der Waals surface area (Å²) < 4.78 is 7.14. The summed E-state index contributed by atoms with van der Waals surface area (Å²) >= 11 is 0. The van der Waals surface area contributed by atoms with Gasteiger partial charge in [-0.1, -0.05) is 72.8 Å². The summed E-state index contributed by atoms with van der Waals surface area (Å²) in [4.78, 5) is 0. The average Bonchev–Trinajstić information content (AvgIpc) is 3.57. The highest BCUT2D eigenvalue weighted by atomic mass is 15.0. The Morgan fingerprint density at radius 3 is 1.06 bits per heavy atom. The molecule has 172 valence electrons. The van der Waals surface area contributed by atoms with Gasteiger partial charge in [0.25, 0.3) is 0 Å². The van der Waals surface area contributed by atoms with Crippen molar-refractivity contribution in [2.24, 2.45) is 21.1 Å². The van der Waals surface area contributed by atoms with Gasteiger partial charge in [0.05, 0.1) is 11.0 Å². The third-order valence-electron chi connectivity index (χ3n) is 8.27. The zero-order valence-corrected chi connectivity index (χ0v) is 20.6. The van der Waals surface area contributed by atoms with Crippen LogP contribution in [0, 0.1) is 0 Å². The fourth-order valence-corrected chi connectivity index (χ4v) is 6.59. The molecule has 3 nitrogen and oxygen atoms in total. The lowest BCUT2D eigenvalue weighted by molar-refractivity contribution is 1.02. The lowest BCUT2D eigenvalue weighted by atomic mass is 10.0. The highest BCUT2D eigenvalue weighted by Crippen LogP contribution is 2.41. The van der Waals surface area contributed by atoms with Crippen molar-refractivity contribution < 1.29 is 0 Å². The predicted octanol–water partition coefficient (Wildman–Crippen LogP) is 8.34. The summed E-state index contributed by atoms with van der Waals surface area (Å²) in [7, 11) is 6.62. The first-order valence-corrected chi connectivity index (χ1v) is 12.5. The van der Waals surface area contributed by atoms with E-state index in [0.717, 1.165) is 0 Å². The molecule has 0 aliphatic carbocycles.